The number of hydrogen-bond donors (Lipinski definition) is 2. The predicted octanol–water partition coefficient (Wildman–Crippen LogP) is 0.683. The standard InChI is InChI=1S/C12H22N2O3/c1-12(2,3)9(13)6-10(15)14-5-4-8(7-14)11(16)17/h8-9H,4-7,13H2,1-3H3,(H,16,17). The van der Waals surface area contributed by atoms with E-state index in [9.17, 15) is 9.59 Å². The van der Waals surface area contributed by atoms with Crippen molar-refractivity contribution in [2.75, 3.05) is 13.1 Å². The zero-order chi connectivity index (χ0) is 13.2. The molecule has 1 aliphatic heterocycles. The summed E-state index contributed by atoms with van der Waals surface area (Å²) in [7, 11) is 0. The topological polar surface area (TPSA) is 83.6 Å². The molecule has 0 bridgehead atoms. The zero-order valence-corrected chi connectivity index (χ0v) is 10.8. The first-order valence-corrected chi connectivity index (χ1v) is 5.98. The quantitative estimate of drug-likeness (QED) is 0.762. The highest BCUT2D eigenvalue weighted by Crippen LogP contribution is 2.22. The molecule has 1 saturated heterocycles. The lowest BCUT2D eigenvalue weighted by atomic mass is 9.85. The van der Waals surface area contributed by atoms with E-state index in [1.54, 1.807) is 4.90 Å². The Morgan fingerprint density at radius 1 is 1.47 bits per heavy atom. The zero-order valence-electron chi connectivity index (χ0n) is 10.8. The van der Waals surface area contributed by atoms with Crippen molar-refractivity contribution in [3.05, 3.63) is 0 Å². The van der Waals surface area contributed by atoms with Crippen LogP contribution in [0.15, 0.2) is 0 Å². The third-order valence-electron chi connectivity index (χ3n) is 3.40. The second kappa shape index (κ2) is 5.04. The fraction of sp³-hybridized carbons (Fsp3) is 0.833. The van der Waals surface area contributed by atoms with Gasteiger partial charge in [0.2, 0.25) is 5.91 Å². The van der Waals surface area contributed by atoms with Gasteiger partial charge in [-0.2, -0.15) is 0 Å². The average molecular weight is 242 g/mol. The van der Waals surface area contributed by atoms with E-state index >= 15 is 0 Å². The van der Waals surface area contributed by atoms with Gasteiger partial charge in [0.25, 0.3) is 0 Å². The maximum absolute atomic E-state index is 11.9. The van der Waals surface area contributed by atoms with Gasteiger partial charge in [0.05, 0.1) is 5.92 Å². The average Bonchev–Trinajstić information content (AvgIpc) is 2.64. The van der Waals surface area contributed by atoms with Crippen molar-refractivity contribution in [2.24, 2.45) is 17.1 Å². The van der Waals surface area contributed by atoms with Crippen molar-refractivity contribution in [2.45, 2.75) is 39.7 Å². The van der Waals surface area contributed by atoms with E-state index in [-0.39, 0.29) is 23.8 Å². The Kier molecular flexibility index (Phi) is 4.14. The monoisotopic (exact) mass is 242 g/mol. The Balaban J connectivity index is 2.48. The van der Waals surface area contributed by atoms with Crippen molar-refractivity contribution >= 4 is 11.9 Å². The second-order valence-corrected chi connectivity index (χ2v) is 5.84. The van der Waals surface area contributed by atoms with Gasteiger partial charge >= 0.3 is 5.97 Å². The van der Waals surface area contributed by atoms with Gasteiger partial charge in [-0.25, -0.2) is 0 Å². The van der Waals surface area contributed by atoms with E-state index in [0.717, 1.165) is 0 Å². The number of nitrogens with two attached hydrogens (primary N) is 1. The number of aliphatic carboxylic acids is 1. The van der Waals surface area contributed by atoms with Crippen molar-refractivity contribution in [3.8, 4) is 0 Å². The molecule has 3 N–H and O–H groups in total. The van der Waals surface area contributed by atoms with Crippen molar-refractivity contribution < 1.29 is 14.7 Å². The van der Waals surface area contributed by atoms with Gasteiger partial charge in [0.1, 0.15) is 0 Å². The largest absolute Gasteiger partial charge is 0.481 e. The van der Waals surface area contributed by atoms with Crippen LogP contribution in [0.1, 0.15) is 33.6 Å². The molecule has 17 heavy (non-hydrogen) atoms. The number of rotatable bonds is 3. The molecule has 1 heterocycles. The predicted molar refractivity (Wildman–Crippen MR) is 64.4 cm³/mol. The van der Waals surface area contributed by atoms with Gasteiger partial charge in [-0.3, -0.25) is 9.59 Å². The van der Waals surface area contributed by atoms with Crippen LogP contribution in [0.5, 0.6) is 0 Å². The first kappa shape index (κ1) is 14.0. The van der Waals surface area contributed by atoms with Crippen LogP contribution in [-0.4, -0.2) is 41.0 Å². The third-order valence-corrected chi connectivity index (χ3v) is 3.40. The summed E-state index contributed by atoms with van der Waals surface area (Å²) in [5, 5.41) is 8.86. The molecule has 1 amide bonds. The molecule has 0 aromatic heterocycles. The summed E-state index contributed by atoms with van der Waals surface area (Å²) in [5.41, 5.74) is 5.84. The van der Waals surface area contributed by atoms with Crippen LogP contribution in [0, 0.1) is 11.3 Å². The van der Waals surface area contributed by atoms with Gasteiger partial charge in [-0.05, 0) is 11.8 Å². The van der Waals surface area contributed by atoms with Crippen LogP contribution in [0.3, 0.4) is 0 Å². The molecule has 0 aromatic rings. The minimum atomic E-state index is -0.819. The molecule has 0 radical (unpaired) electrons. The molecule has 5 nitrogen and oxygen atoms in total. The third kappa shape index (κ3) is 3.70. The molecule has 0 aliphatic carbocycles. The smallest absolute Gasteiger partial charge is 0.308 e. The molecule has 0 saturated carbocycles. The van der Waals surface area contributed by atoms with Crippen LogP contribution in [0.2, 0.25) is 0 Å². The molecular formula is C12H22N2O3. The van der Waals surface area contributed by atoms with E-state index in [0.29, 0.717) is 19.5 Å². The fourth-order valence-corrected chi connectivity index (χ4v) is 1.81. The Bertz CT molecular complexity index is 309. The lowest BCUT2D eigenvalue weighted by molar-refractivity contribution is -0.141. The van der Waals surface area contributed by atoms with Crippen molar-refractivity contribution in [3.63, 3.8) is 0 Å². The molecule has 2 atom stereocenters. The van der Waals surface area contributed by atoms with Crippen molar-refractivity contribution in [1.82, 2.24) is 4.90 Å². The van der Waals surface area contributed by atoms with Gasteiger partial charge in [0.15, 0.2) is 0 Å². The number of hydrogen-bond acceptors (Lipinski definition) is 3. The second-order valence-electron chi connectivity index (χ2n) is 5.84. The molecule has 0 aromatic carbocycles. The van der Waals surface area contributed by atoms with Crippen LogP contribution in [0.25, 0.3) is 0 Å². The van der Waals surface area contributed by atoms with E-state index in [4.69, 9.17) is 10.8 Å². The Hall–Kier alpha value is -1.10. The first-order valence-electron chi connectivity index (χ1n) is 5.98. The van der Waals surface area contributed by atoms with Gasteiger partial charge in [-0.15, -0.1) is 0 Å². The SMILES string of the molecule is CC(C)(C)C(N)CC(=O)N1CCC(C(=O)O)C1. The Morgan fingerprint density at radius 3 is 2.47 bits per heavy atom. The highest BCUT2D eigenvalue weighted by molar-refractivity contribution is 5.79. The summed E-state index contributed by atoms with van der Waals surface area (Å²) in [6, 6.07) is -0.195. The number of nitrogens with zero attached hydrogens (tertiary/aromatic N) is 1. The van der Waals surface area contributed by atoms with E-state index in [1.807, 2.05) is 20.8 Å². The van der Waals surface area contributed by atoms with Gasteiger partial charge < -0.3 is 15.7 Å². The maximum atomic E-state index is 11.9. The fourth-order valence-electron chi connectivity index (χ4n) is 1.81. The Labute approximate surface area is 102 Å². The lowest BCUT2D eigenvalue weighted by Gasteiger charge is -2.28. The first-order chi connectivity index (χ1) is 7.71. The van der Waals surface area contributed by atoms with Crippen molar-refractivity contribution in [1.29, 1.82) is 0 Å². The van der Waals surface area contributed by atoms with Gasteiger partial charge in [-0.1, -0.05) is 20.8 Å². The molecular weight excluding hydrogens is 220 g/mol. The van der Waals surface area contributed by atoms with Crippen LogP contribution in [0.4, 0.5) is 0 Å². The summed E-state index contributed by atoms with van der Waals surface area (Å²) in [6.07, 6.45) is 0.835. The normalized spacial score (nSPS) is 22.6. The van der Waals surface area contributed by atoms with Crippen LogP contribution >= 0.6 is 0 Å². The summed E-state index contributed by atoms with van der Waals surface area (Å²) in [5.74, 6) is -1.26. The molecule has 0 spiro atoms. The summed E-state index contributed by atoms with van der Waals surface area (Å²) >= 11 is 0. The number of carboxylic acid groups (broad SMARTS) is 1. The highest BCUT2D eigenvalue weighted by Gasteiger charge is 2.32. The van der Waals surface area contributed by atoms with E-state index < -0.39 is 11.9 Å². The Morgan fingerprint density at radius 2 is 2.06 bits per heavy atom. The maximum Gasteiger partial charge on any atom is 0.308 e. The number of amides is 1. The molecule has 1 aliphatic rings. The van der Waals surface area contributed by atoms with E-state index in [2.05, 4.69) is 0 Å². The molecule has 1 rings (SSSR count). The van der Waals surface area contributed by atoms with E-state index in [1.165, 1.54) is 0 Å². The molecule has 1 fully saturated rings. The number of carbonyl (C=O) groups excluding carboxylic acids is 1. The summed E-state index contributed by atoms with van der Waals surface area (Å²) < 4.78 is 0. The summed E-state index contributed by atoms with van der Waals surface area (Å²) in [6.45, 7) is 6.84. The van der Waals surface area contributed by atoms with Crippen LogP contribution < -0.4 is 5.73 Å². The summed E-state index contributed by atoms with van der Waals surface area (Å²) in [4.78, 5) is 24.3. The number of carbonyl (C=O) groups is 2. The molecule has 2 unspecified atom stereocenters. The molecule has 98 valence electrons. The number of likely N-dealkylation sites (tertiary alicyclic amines) is 1. The molecule has 5 heteroatoms. The van der Waals surface area contributed by atoms with Crippen LogP contribution in [-0.2, 0) is 9.59 Å². The minimum absolute atomic E-state index is 0.0313. The number of carboxylic acids is 1. The van der Waals surface area contributed by atoms with Gasteiger partial charge in [0, 0.05) is 25.6 Å². The minimum Gasteiger partial charge on any atom is -0.481 e. The lowest BCUT2D eigenvalue weighted by Crippen LogP contribution is -2.41. The highest BCUT2D eigenvalue weighted by atomic mass is 16.4.